The number of carbonyl (C=O) groups is 1. The van der Waals surface area contributed by atoms with Crippen LogP contribution in [0.5, 0.6) is 0 Å². The van der Waals surface area contributed by atoms with E-state index < -0.39 is 16.1 Å². The summed E-state index contributed by atoms with van der Waals surface area (Å²) >= 11 is 0. The number of anilines is 2. The van der Waals surface area contributed by atoms with Crippen molar-refractivity contribution >= 4 is 27.5 Å². The van der Waals surface area contributed by atoms with E-state index in [2.05, 4.69) is 10.5 Å². The van der Waals surface area contributed by atoms with Crippen molar-refractivity contribution in [2.75, 3.05) is 28.7 Å². The number of carbonyl (C=O) groups excluding carboxylic acids is 1. The van der Waals surface area contributed by atoms with Gasteiger partial charge in [0, 0.05) is 19.7 Å². The molecule has 0 bridgehead atoms. The number of para-hydroxylation sites is 2. The number of aromatic nitrogens is 1. The highest BCUT2D eigenvalue weighted by atomic mass is 32.2. The molecule has 0 atom stereocenters. The molecule has 122 valence electrons. The van der Waals surface area contributed by atoms with Crippen LogP contribution in [0.1, 0.15) is 16.2 Å². The van der Waals surface area contributed by atoms with Crippen molar-refractivity contribution in [3.63, 3.8) is 0 Å². The largest absolute Gasteiger partial charge is 0.361 e. The summed E-state index contributed by atoms with van der Waals surface area (Å²) in [7, 11) is -2.10. The number of hydrogen-bond donors (Lipinski definition) is 1. The van der Waals surface area contributed by atoms with E-state index in [-0.39, 0.29) is 18.8 Å². The van der Waals surface area contributed by atoms with Gasteiger partial charge in [0.2, 0.25) is 0 Å². The molecule has 0 saturated carbocycles. The monoisotopic (exact) mass is 336 g/mol. The lowest BCUT2D eigenvalue weighted by molar-refractivity contribution is 0.0945. The third kappa shape index (κ3) is 2.63. The summed E-state index contributed by atoms with van der Waals surface area (Å²) in [5, 5.41) is 6.25. The molecule has 2 heterocycles. The number of fused-ring (bicyclic) bond motifs is 1. The van der Waals surface area contributed by atoms with Gasteiger partial charge in [0.15, 0.2) is 5.69 Å². The highest BCUT2D eigenvalue weighted by Gasteiger charge is 2.37. The average molecular weight is 336 g/mol. The molecule has 0 unspecified atom stereocenters. The lowest BCUT2D eigenvalue weighted by atomic mass is 10.2. The number of amides is 1. The normalized spacial score (nSPS) is 15.6. The first kappa shape index (κ1) is 15.3. The zero-order valence-corrected chi connectivity index (χ0v) is 13.5. The Morgan fingerprint density at radius 2 is 2.00 bits per heavy atom. The number of nitrogens with one attached hydrogen (secondary N) is 1. The van der Waals surface area contributed by atoms with E-state index in [1.54, 1.807) is 31.2 Å². The Kier molecular flexibility index (Phi) is 3.72. The van der Waals surface area contributed by atoms with Gasteiger partial charge in [-0.15, -0.1) is 0 Å². The molecular formula is C14H16N4O4S. The van der Waals surface area contributed by atoms with E-state index in [1.807, 2.05) is 0 Å². The number of hydrogen-bond acceptors (Lipinski definition) is 5. The quantitative estimate of drug-likeness (QED) is 0.895. The number of rotatable bonds is 4. The van der Waals surface area contributed by atoms with Gasteiger partial charge in [0.1, 0.15) is 5.76 Å². The molecule has 1 N–H and O–H groups in total. The van der Waals surface area contributed by atoms with Crippen LogP contribution in [0.15, 0.2) is 34.9 Å². The molecule has 8 nitrogen and oxygen atoms in total. The number of aryl methyl sites for hydroxylation is 1. The predicted molar refractivity (Wildman–Crippen MR) is 84.7 cm³/mol. The molecule has 1 aromatic carbocycles. The Morgan fingerprint density at radius 1 is 1.30 bits per heavy atom. The Hall–Kier alpha value is -2.55. The molecule has 23 heavy (non-hydrogen) atoms. The van der Waals surface area contributed by atoms with E-state index in [0.29, 0.717) is 17.1 Å². The van der Waals surface area contributed by atoms with E-state index in [4.69, 9.17) is 4.52 Å². The van der Waals surface area contributed by atoms with Crippen LogP contribution in [0.2, 0.25) is 0 Å². The van der Waals surface area contributed by atoms with E-state index in [1.165, 1.54) is 21.7 Å². The summed E-state index contributed by atoms with van der Waals surface area (Å²) in [4.78, 5) is 11.9. The minimum atomic E-state index is -3.60. The van der Waals surface area contributed by atoms with Crippen LogP contribution in [-0.2, 0) is 10.2 Å². The first-order chi connectivity index (χ1) is 10.9. The molecule has 1 aliphatic heterocycles. The molecule has 3 rings (SSSR count). The second-order valence-electron chi connectivity index (χ2n) is 5.11. The summed E-state index contributed by atoms with van der Waals surface area (Å²) in [6.45, 7) is 1.98. The first-order valence-corrected chi connectivity index (χ1v) is 8.38. The van der Waals surface area contributed by atoms with Crippen molar-refractivity contribution in [1.82, 2.24) is 10.5 Å². The van der Waals surface area contributed by atoms with Crippen molar-refractivity contribution in [1.29, 1.82) is 0 Å². The van der Waals surface area contributed by atoms with Gasteiger partial charge in [0.05, 0.1) is 17.9 Å². The van der Waals surface area contributed by atoms with Gasteiger partial charge in [-0.1, -0.05) is 17.3 Å². The molecule has 9 heteroatoms. The molecule has 0 spiro atoms. The zero-order chi connectivity index (χ0) is 16.6. The maximum atomic E-state index is 12.4. The Labute approximate surface area is 133 Å². The topological polar surface area (TPSA) is 95.8 Å². The maximum absolute atomic E-state index is 12.4. The summed E-state index contributed by atoms with van der Waals surface area (Å²) < 4.78 is 32.2. The fraction of sp³-hybridized carbons (Fsp3) is 0.286. The Bertz CT molecular complexity index is 846. The third-order valence-corrected chi connectivity index (χ3v) is 5.40. The Balaban J connectivity index is 1.70. The van der Waals surface area contributed by atoms with Gasteiger partial charge < -0.3 is 9.84 Å². The minimum Gasteiger partial charge on any atom is -0.361 e. The maximum Gasteiger partial charge on any atom is 0.326 e. The summed E-state index contributed by atoms with van der Waals surface area (Å²) in [5.74, 6) is 0.132. The van der Waals surface area contributed by atoms with E-state index >= 15 is 0 Å². The second-order valence-corrected chi connectivity index (χ2v) is 7.00. The number of nitrogens with zero attached hydrogens (tertiary/aromatic N) is 3. The molecule has 1 amide bonds. The van der Waals surface area contributed by atoms with E-state index in [9.17, 15) is 13.2 Å². The van der Waals surface area contributed by atoms with Gasteiger partial charge in [-0.3, -0.25) is 9.10 Å². The van der Waals surface area contributed by atoms with Gasteiger partial charge >= 0.3 is 10.2 Å². The molecule has 0 radical (unpaired) electrons. The molecule has 0 fully saturated rings. The van der Waals surface area contributed by atoms with Crippen LogP contribution >= 0.6 is 0 Å². The Morgan fingerprint density at radius 3 is 2.65 bits per heavy atom. The molecule has 0 aliphatic carbocycles. The molecule has 0 saturated heterocycles. The SMILES string of the molecule is Cc1cc(C(=O)NCCN2c3ccccc3N(C)S2(=O)=O)no1. The minimum absolute atomic E-state index is 0.131. The van der Waals surface area contributed by atoms with Gasteiger partial charge in [-0.25, -0.2) is 4.31 Å². The van der Waals surface area contributed by atoms with Crippen molar-refractivity contribution in [3.8, 4) is 0 Å². The highest BCUT2D eigenvalue weighted by molar-refractivity contribution is 7.94. The van der Waals surface area contributed by atoms with Crippen LogP contribution in [0.25, 0.3) is 0 Å². The highest BCUT2D eigenvalue weighted by Crippen LogP contribution is 2.38. The fourth-order valence-corrected chi connectivity index (χ4v) is 3.83. The van der Waals surface area contributed by atoms with Crippen molar-refractivity contribution in [2.24, 2.45) is 0 Å². The van der Waals surface area contributed by atoms with Gasteiger partial charge in [0.25, 0.3) is 5.91 Å². The standard InChI is InChI=1S/C14H16N4O4S/c1-10-9-11(16-22-10)14(19)15-7-8-18-13-6-4-3-5-12(13)17(2)23(18,20)21/h3-6,9H,7-8H2,1-2H3,(H,15,19). The second kappa shape index (κ2) is 5.58. The van der Waals surface area contributed by atoms with Gasteiger partial charge in [-0.05, 0) is 19.1 Å². The van der Waals surface area contributed by atoms with E-state index in [0.717, 1.165) is 0 Å². The summed E-state index contributed by atoms with van der Waals surface area (Å²) in [6, 6.07) is 8.55. The first-order valence-electron chi connectivity index (χ1n) is 6.98. The predicted octanol–water partition coefficient (Wildman–Crippen LogP) is 0.914. The number of benzene rings is 1. The van der Waals surface area contributed by atoms with Crippen molar-refractivity contribution < 1.29 is 17.7 Å². The lowest BCUT2D eigenvalue weighted by Gasteiger charge is -2.19. The van der Waals surface area contributed by atoms with Crippen molar-refractivity contribution in [2.45, 2.75) is 6.92 Å². The molecule has 1 aromatic heterocycles. The fourth-order valence-electron chi connectivity index (χ4n) is 2.41. The summed E-state index contributed by atoms with van der Waals surface area (Å²) in [6.07, 6.45) is 0. The van der Waals surface area contributed by atoms with Crippen molar-refractivity contribution in [3.05, 3.63) is 41.8 Å². The molecular weight excluding hydrogens is 320 g/mol. The molecule has 1 aliphatic rings. The van der Waals surface area contributed by atoms with Crippen LogP contribution in [0.3, 0.4) is 0 Å². The van der Waals surface area contributed by atoms with Crippen LogP contribution in [0.4, 0.5) is 11.4 Å². The van der Waals surface area contributed by atoms with Crippen LogP contribution in [0, 0.1) is 6.92 Å². The zero-order valence-electron chi connectivity index (χ0n) is 12.7. The lowest BCUT2D eigenvalue weighted by Crippen LogP contribution is -2.40. The summed E-state index contributed by atoms with van der Waals surface area (Å²) in [5.41, 5.74) is 1.39. The smallest absolute Gasteiger partial charge is 0.326 e. The van der Waals surface area contributed by atoms with Gasteiger partial charge in [-0.2, -0.15) is 8.42 Å². The third-order valence-electron chi connectivity index (χ3n) is 3.58. The molecule has 2 aromatic rings. The average Bonchev–Trinajstić information content (AvgIpc) is 3.03. The van der Waals surface area contributed by atoms with Crippen LogP contribution in [-0.4, -0.2) is 39.6 Å². The van der Waals surface area contributed by atoms with Crippen LogP contribution < -0.4 is 13.9 Å².